The fourth-order valence-electron chi connectivity index (χ4n) is 1.88. The van der Waals surface area contributed by atoms with Crippen LogP contribution in [0.3, 0.4) is 0 Å². The second-order valence-electron chi connectivity index (χ2n) is 6.53. The molecular weight excluding hydrogens is 268 g/mol. The molecule has 2 N–H and O–H groups in total. The highest BCUT2D eigenvalue weighted by molar-refractivity contribution is 7.99. The lowest BCUT2D eigenvalue weighted by molar-refractivity contribution is -0.153. The van der Waals surface area contributed by atoms with Gasteiger partial charge in [0.15, 0.2) is 0 Å². The Labute approximate surface area is 120 Å². The minimum Gasteiger partial charge on any atom is -0.375 e. The molecule has 19 heavy (non-hydrogen) atoms. The summed E-state index contributed by atoms with van der Waals surface area (Å²) in [7, 11) is 0. The summed E-state index contributed by atoms with van der Waals surface area (Å²) in [4.78, 5) is 0. The zero-order chi connectivity index (χ0) is 15.3. The van der Waals surface area contributed by atoms with Gasteiger partial charge in [0, 0.05) is 29.6 Å². The van der Waals surface area contributed by atoms with Crippen molar-refractivity contribution < 1.29 is 13.5 Å². The molecule has 0 rings (SSSR count). The van der Waals surface area contributed by atoms with E-state index in [-0.39, 0.29) is 5.60 Å². The molecule has 0 saturated heterocycles. The SMILES string of the molecule is CC(C)C(F)(F)C(C)(C)CCOC(C)(C)CSCN. The second kappa shape index (κ2) is 7.23. The average molecular weight is 297 g/mol. The number of ether oxygens (including phenoxy) is 1. The molecule has 0 unspecified atom stereocenters. The third-order valence-electron chi connectivity index (χ3n) is 3.41. The molecule has 0 heterocycles. The van der Waals surface area contributed by atoms with E-state index in [2.05, 4.69) is 0 Å². The maximum atomic E-state index is 14.1. The molecule has 0 radical (unpaired) electrons. The molecule has 0 atom stereocenters. The number of thioether (sulfide) groups is 1. The van der Waals surface area contributed by atoms with Gasteiger partial charge < -0.3 is 10.5 Å². The van der Waals surface area contributed by atoms with E-state index in [1.165, 1.54) is 0 Å². The van der Waals surface area contributed by atoms with Gasteiger partial charge in [0.05, 0.1) is 5.60 Å². The van der Waals surface area contributed by atoms with Crippen LogP contribution in [0, 0.1) is 11.3 Å². The molecule has 0 aromatic rings. The average Bonchev–Trinajstić information content (AvgIpc) is 2.25. The van der Waals surface area contributed by atoms with Crippen LogP contribution in [-0.2, 0) is 4.74 Å². The highest BCUT2D eigenvalue weighted by Crippen LogP contribution is 2.44. The Morgan fingerprint density at radius 2 is 1.68 bits per heavy atom. The van der Waals surface area contributed by atoms with Gasteiger partial charge in [-0.25, -0.2) is 8.78 Å². The molecule has 0 amide bonds. The van der Waals surface area contributed by atoms with Gasteiger partial charge in [-0.2, -0.15) is 0 Å². The summed E-state index contributed by atoms with van der Waals surface area (Å²) in [6.45, 7) is 10.6. The summed E-state index contributed by atoms with van der Waals surface area (Å²) >= 11 is 1.59. The Balaban J connectivity index is 4.33. The van der Waals surface area contributed by atoms with E-state index in [4.69, 9.17) is 10.5 Å². The minimum atomic E-state index is -2.69. The van der Waals surface area contributed by atoms with Crippen LogP contribution in [0.2, 0.25) is 0 Å². The Morgan fingerprint density at radius 3 is 2.11 bits per heavy atom. The van der Waals surface area contributed by atoms with E-state index in [9.17, 15) is 8.78 Å². The Hall–Kier alpha value is 0.130. The summed E-state index contributed by atoms with van der Waals surface area (Å²) in [6.07, 6.45) is 0.342. The first-order chi connectivity index (χ1) is 8.46. The van der Waals surface area contributed by atoms with E-state index >= 15 is 0 Å². The van der Waals surface area contributed by atoms with Gasteiger partial charge in [-0.15, -0.1) is 11.8 Å². The van der Waals surface area contributed by atoms with Crippen molar-refractivity contribution in [3.63, 3.8) is 0 Å². The topological polar surface area (TPSA) is 35.2 Å². The fourth-order valence-corrected chi connectivity index (χ4v) is 2.57. The molecule has 0 fully saturated rings. The maximum Gasteiger partial charge on any atom is 0.255 e. The van der Waals surface area contributed by atoms with Gasteiger partial charge in [0.25, 0.3) is 5.92 Å². The summed E-state index contributed by atoms with van der Waals surface area (Å²) in [5.41, 5.74) is 4.05. The lowest BCUT2D eigenvalue weighted by Crippen LogP contribution is -2.42. The Morgan fingerprint density at radius 1 is 1.16 bits per heavy atom. The first-order valence-electron chi connectivity index (χ1n) is 6.76. The van der Waals surface area contributed by atoms with Crippen molar-refractivity contribution in [2.75, 3.05) is 18.2 Å². The van der Waals surface area contributed by atoms with E-state index in [1.807, 2.05) is 13.8 Å². The number of halogens is 2. The van der Waals surface area contributed by atoms with Crippen LogP contribution < -0.4 is 5.73 Å². The van der Waals surface area contributed by atoms with Crippen LogP contribution >= 0.6 is 11.8 Å². The smallest absolute Gasteiger partial charge is 0.255 e. The summed E-state index contributed by atoms with van der Waals surface area (Å²) in [5, 5.41) is 0. The van der Waals surface area contributed by atoms with Gasteiger partial charge in [-0.3, -0.25) is 0 Å². The van der Waals surface area contributed by atoms with Crippen molar-refractivity contribution in [2.45, 2.75) is 59.5 Å². The predicted molar refractivity (Wildman–Crippen MR) is 79.7 cm³/mol. The largest absolute Gasteiger partial charge is 0.375 e. The number of alkyl halides is 2. The number of rotatable bonds is 9. The molecule has 0 aliphatic rings. The van der Waals surface area contributed by atoms with Crippen molar-refractivity contribution in [1.82, 2.24) is 0 Å². The first-order valence-corrected chi connectivity index (χ1v) is 7.91. The molecule has 0 spiro atoms. The zero-order valence-corrected chi connectivity index (χ0v) is 13.9. The van der Waals surface area contributed by atoms with Crippen LogP contribution in [0.1, 0.15) is 48.0 Å². The van der Waals surface area contributed by atoms with Crippen LogP contribution in [0.15, 0.2) is 0 Å². The summed E-state index contributed by atoms with van der Waals surface area (Å²) < 4.78 is 33.9. The lowest BCUT2D eigenvalue weighted by Gasteiger charge is -2.37. The van der Waals surface area contributed by atoms with E-state index in [0.717, 1.165) is 5.75 Å². The van der Waals surface area contributed by atoms with E-state index < -0.39 is 17.3 Å². The summed E-state index contributed by atoms with van der Waals surface area (Å²) in [6, 6.07) is 0. The molecular formula is C14H29F2NOS. The van der Waals surface area contributed by atoms with Crippen LogP contribution in [0.4, 0.5) is 8.78 Å². The number of hydrogen-bond donors (Lipinski definition) is 1. The molecule has 0 aliphatic heterocycles. The van der Waals surface area contributed by atoms with E-state index in [0.29, 0.717) is 18.9 Å². The lowest BCUT2D eigenvalue weighted by atomic mass is 9.77. The van der Waals surface area contributed by atoms with Gasteiger partial charge in [-0.1, -0.05) is 27.7 Å². The number of nitrogens with two attached hydrogens (primary N) is 1. The molecule has 2 nitrogen and oxygen atoms in total. The highest BCUT2D eigenvalue weighted by atomic mass is 32.2. The van der Waals surface area contributed by atoms with Gasteiger partial charge >= 0.3 is 0 Å². The monoisotopic (exact) mass is 297 g/mol. The Kier molecular flexibility index (Phi) is 7.28. The molecule has 0 aromatic heterocycles. The van der Waals surface area contributed by atoms with Crippen molar-refractivity contribution in [3.8, 4) is 0 Å². The molecule has 0 aliphatic carbocycles. The zero-order valence-electron chi connectivity index (χ0n) is 13.1. The predicted octanol–water partition coefficient (Wildman–Crippen LogP) is 4.14. The summed E-state index contributed by atoms with van der Waals surface area (Å²) in [5.74, 6) is -2.04. The molecule has 5 heteroatoms. The van der Waals surface area contributed by atoms with Crippen molar-refractivity contribution in [2.24, 2.45) is 17.1 Å². The maximum absolute atomic E-state index is 14.1. The van der Waals surface area contributed by atoms with E-state index in [1.54, 1.807) is 39.5 Å². The van der Waals surface area contributed by atoms with Crippen LogP contribution in [0.25, 0.3) is 0 Å². The molecule has 0 aromatic carbocycles. The van der Waals surface area contributed by atoms with Crippen molar-refractivity contribution in [1.29, 1.82) is 0 Å². The third kappa shape index (κ3) is 5.96. The van der Waals surface area contributed by atoms with Gasteiger partial charge in [-0.05, 0) is 20.3 Å². The second-order valence-corrected chi connectivity index (χ2v) is 7.57. The molecule has 0 bridgehead atoms. The normalized spacial score (nSPS) is 14.2. The molecule has 0 saturated carbocycles. The van der Waals surface area contributed by atoms with Crippen molar-refractivity contribution in [3.05, 3.63) is 0 Å². The standard InChI is InChI=1S/C14H29F2NOS/c1-11(2)14(15,16)12(3,4)7-8-18-13(5,6)9-19-10-17/h11H,7-10,17H2,1-6H3. The van der Waals surface area contributed by atoms with Gasteiger partial charge in [0.1, 0.15) is 0 Å². The van der Waals surface area contributed by atoms with Gasteiger partial charge in [0.2, 0.25) is 0 Å². The van der Waals surface area contributed by atoms with Crippen LogP contribution in [0.5, 0.6) is 0 Å². The van der Waals surface area contributed by atoms with Crippen molar-refractivity contribution >= 4 is 11.8 Å². The number of hydrogen-bond acceptors (Lipinski definition) is 3. The van der Waals surface area contributed by atoms with Crippen LogP contribution in [-0.4, -0.2) is 29.8 Å². The quantitative estimate of drug-likeness (QED) is 0.650. The Bertz CT molecular complexity index is 268. The molecule has 116 valence electrons. The highest BCUT2D eigenvalue weighted by Gasteiger charge is 2.48. The first kappa shape index (κ1) is 19.1. The third-order valence-corrected chi connectivity index (χ3v) is 4.55. The minimum absolute atomic E-state index is 0.326. The fraction of sp³-hybridized carbons (Fsp3) is 1.00.